The van der Waals surface area contributed by atoms with Crippen molar-refractivity contribution in [1.29, 1.82) is 0 Å². The molecule has 1 aromatic heterocycles. The minimum atomic E-state index is -0.153. The van der Waals surface area contributed by atoms with Crippen LogP contribution in [0.3, 0.4) is 0 Å². The normalized spacial score (nSPS) is 10.0. The summed E-state index contributed by atoms with van der Waals surface area (Å²) >= 11 is 0. The van der Waals surface area contributed by atoms with E-state index in [9.17, 15) is 4.79 Å². The first-order chi connectivity index (χ1) is 10.1. The second-order valence-corrected chi connectivity index (χ2v) is 4.57. The van der Waals surface area contributed by atoms with Crippen LogP contribution in [-0.2, 0) is 11.2 Å². The summed E-state index contributed by atoms with van der Waals surface area (Å²) in [5.41, 5.74) is 1.62. The molecule has 1 N–H and O–H groups in total. The lowest BCUT2D eigenvalue weighted by Gasteiger charge is -2.10. The number of aryl methyl sites for hydroxylation is 1. The van der Waals surface area contributed by atoms with E-state index in [0.717, 1.165) is 11.3 Å². The molecule has 1 amide bonds. The number of methoxy groups -OCH3 is 2. The van der Waals surface area contributed by atoms with Crippen LogP contribution < -0.4 is 14.8 Å². The number of pyridine rings is 1. The van der Waals surface area contributed by atoms with Crippen LogP contribution >= 0.6 is 0 Å². The van der Waals surface area contributed by atoms with Gasteiger partial charge in [-0.25, -0.2) is 4.98 Å². The number of carbonyl (C=O) groups is 1. The number of hydrogen-bond donors (Lipinski definition) is 1. The minimum absolute atomic E-state index is 0.153. The number of carbonyl (C=O) groups excluding carboxylic acids is 1. The van der Waals surface area contributed by atoms with Crippen LogP contribution in [0.4, 0.5) is 5.82 Å². The van der Waals surface area contributed by atoms with Gasteiger partial charge in [-0.3, -0.25) is 4.79 Å². The molecule has 5 heteroatoms. The molecule has 5 nitrogen and oxygen atoms in total. The number of nitrogens with one attached hydrogen (secondary N) is 1. The van der Waals surface area contributed by atoms with Gasteiger partial charge in [-0.05, 0) is 37.3 Å². The monoisotopic (exact) mass is 286 g/mol. The highest BCUT2D eigenvalue weighted by Gasteiger charge is 2.11. The Morgan fingerprint density at radius 1 is 1.19 bits per heavy atom. The molecule has 0 fully saturated rings. The number of anilines is 1. The quantitative estimate of drug-likeness (QED) is 0.917. The molecule has 21 heavy (non-hydrogen) atoms. The standard InChI is InChI=1S/C16H18N2O3/c1-11-5-4-6-15(17-11)18-16(19)10-12-9-13(20-2)7-8-14(12)21-3/h4-9H,10H2,1-3H3,(H,17,18,19). The second kappa shape index (κ2) is 6.74. The Morgan fingerprint density at radius 2 is 2.00 bits per heavy atom. The van der Waals surface area contributed by atoms with Gasteiger partial charge in [-0.1, -0.05) is 6.07 Å². The third-order valence-corrected chi connectivity index (χ3v) is 2.99. The number of aromatic nitrogens is 1. The number of rotatable bonds is 5. The average molecular weight is 286 g/mol. The molecule has 0 bridgehead atoms. The lowest BCUT2D eigenvalue weighted by atomic mass is 10.1. The number of nitrogens with zero attached hydrogens (tertiary/aromatic N) is 1. The Kier molecular flexibility index (Phi) is 4.77. The summed E-state index contributed by atoms with van der Waals surface area (Å²) in [6, 6.07) is 10.9. The van der Waals surface area contributed by atoms with Crippen molar-refractivity contribution >= 4 is 11.7 Å². The third-order valence-electron chi connectivity index (χ3n) is 2.99. The lowest BCUT2D eigenvalue weighted by Crippen LogP contribution is -2.16. The van der Waals surface area contributed by atoms with Crippen LogP contribution in [0, 0.1) is 6.92 Å². The lowest BCUT2D eigenvalue weighted by molar-refractivity contribution is -0.115. The molecule has 0 aliphatic heterocycles. The first-order valence-corrected chi connectivity index (χ1v) is 6.57. The number of benzene rings is 1. The van der Waals surface area contributed by atoms with Crippen LogP contribution in [0.2, 0.25) is 0 Å². The van der Waals surface area contributed by atoms with Gasteiger partial charge in [0.1, 0.15) is 17.3 Å². The predicted molar refractivity (Wildman–Crippen MR) is 80.9 cm³/mol. The summed E-state index contributed by atoms with van der Waals surface area (Å²) < 4.78 is 10.4. The Balaban J connectivity index is 2.12. The molecule has 0 radical (unpaired) electrons. The van der Waals surface area contributed by atoms with E-state index in [2.05, 4.69) is 10.3 Å². The maximum Gasteiger partial charge on any atom is 0.230 e. The van der Waals surface area contributed by atoms with E-state index in [4.69, 9.17) is 9.47 Å². The second-order valence-electron chi connectivity index (χ2n) is 4.57. The van der Waals surface area contributed by atoms with Crippen molar-refractivity contribution in [3.8, 4) is 11.5 Å². The zero-order valence-corrected chi connectivity index (χ0v) is 12.3. The highest BCUT2D eigenvalue weighted by molar-refractivity contribution is 5.91. The zero-order chi connectivity index (χ0) is 15.2. The molecule has 0 saturated heterocycles. The van der Waals surface area contributed by atoms with Crippen molar-refractivity contribution in [2.24, 2.45) is 0 Å². The van der Waals surface area contributed by atoms with Crippen molar-refractivity contribution in [3.05, 3.63) is 47.7 Å². The zero-order valence-electron chi connectivity index (χ0n) is 12.3. The van der Waals surface area contributed by atoms with Crippen LogP contribution in [0.5, 0.6) is 11.5 Å². The van der Waals surface area contributed by atoms with Gasteiger partial charge < -0.3 is 14.8 Å². The Bertz CT molecular complexity index is 641. The molecule has 0 unspecified atom stereocenters. The molecule has 0 atom stereocenters. The van der Waals surface area contributed by atoms with Gasteiger partial charge in [0.25, 0.3) is 0 Å². The van der Waals surface area contributed by atoms with Crippen molar-refractivity contribution < 1.29 is 14.3 Å². The molecule has 2 aromatic rings. The van der Waals surface area contributed by atoms with Gasteiger partial charge in [0.05, 0.1) is 20.6 Å². The van der Waals surface area contributed by atoms with Crippen LogP contribution in [0.15, 0.2) is 36.4 Å². The minimum Gasteiger partial charge on any atom is -0.497 e. The number of ether oxygens (including phenoxy) is 2. The number of amides is 1. The topological polar surface area (TPSA) is 60.5 Å². The highest BCUT2D eigenvalue weighted by atomic mass is 16.5. The fourth-order valence-corrected chi connectivity index (χ4v) is 1.99. The molecule has 110 valence electrons. The molecule has 1 heterocycles. The van der Waals surface area contributed by atoms with E-state index in [0.29, 0.717) is 17.3 Å². The first-order valence-electron chi connectivity index (χ1n) is 6.57. The van der Waals surface area contributed by atoms with E-state index in [1.54, 1.807) is 38.5 Å². The fraction of sp³-hybridized carbons (Fsp3) is 0.250. The van der Waals surface area contributed by atoms with Gasteiger partial charge >= 0.3 is 0 Å². The van der Waals surface area contributed by atoms with E-state index in [1.165, 1.54) is 0 Å². The molecule has 1 aromatic carbocycles. The first kappa shape index (κ1) is 14.8. The molecule has 2 rings (SSSR count). The molecule has 0 spiro atoms. The summed E-state index contributed by atoms with van der Waals surface area (Å²) in [5, 5.41) is 2.77. The van der Waals surface area contributed by atoms with Crippen molar-refractivity contribution in [1.82, 2.24) is 4.98 Å². The summed E-state index contributed by atoms with van der Waals surface area (Å²) in [7, 11) is 3.16. The molecular formula is C16H18N2O3. The largest absolute Gasteiger partial charge is 0.497 e. The number of hydrogen-bond acceptors (Lipinski definition) is 4. The smallest absolute Gasteiger partial charge is 0.230 e. The van der Waals surface area contributed by atoms with E-state index >= 15 is 0 Å². The van der Waals surface area contributed by atoms with Gasteiger partial charge in [-0.2, -0.15) is 0 Å². The van der Waals surface area contributed by atoms with Crippen molar-refractivity contribution in [3.63, 3.8) is 0 Å². The molecule has 0 saturated carbocycles. The van der Waals surface area contributed by atoms with Gasteiger partial charge in [0.2, 0.25) is 5.91 Å². The van der Waals surface area contributed by atoms with Crippen molar-refractivity contribution in [2.45, 2.75) is 13.3 Å². The van der Waals surface area contributed by atoms with Crippen LogP contribution in [0.25, 0.3) is 0 Å². The van der Waals surface area contributed by atoms with E-state index in [1.807, 2.05) is 19.1 Å². The van der Waals surface area contributed by atoms with Gasteiger partial charge in [0.15, 0.2) is 0 Å². The van der Waals surface area contributed by atoms with Gasteiger partial charge in [0, 0.05) is 11.3 Å². The van der Waals surface area contributed by atoms with Crippen LogP contribution in [-0.4, -0.2) is 25.1 Å². The summed E-state index contributed by atoms with van der Waals surface area (Å²) in [6.45, 7) is 1.88. The van der Waals surface area contributed by atoms with Gasteiger partial charge in [-0.15, -0.1) is 0 Å². The highest BCUT2D eigenvalue weighted by Crippen LogP contribution is 2.24. The summed E-state index contributed by atoms with van der Waals surface area (Å²) in [4.78, 5) is 16.4. The maximum absolute atomic E-state index is 12.1. The molecule has 0 aliphatic carbocycles. The summed E-state index contributed by atoms with van der Waals surface area (Å²) in [5.74, 6) is 1.73. The van der Waals surface area contributed by atoms with Crippen LogP contribution in [0.1, 0.15) is 11.3 Å². The average Bonchev–Trinajstić information content (AvgIpc) is 2.47. The third kappa shape index (κ3) is 3.95. The van der Waals surface area contributed by atoms with E-state index in [-0.39, 0.29) is 12.3 Å². The Labute approximate surface area is 123 Å². The molecule has 0 aliphatic rings. The predicted octanol–water partition coefficient (Wildman–Crippen LogP) is 2.59. The molecular weight excluding hydrogens is 268 g/mol. The fourth-order valence-electron chi connectivity index (χ4n) is 1.99. The summed E-state index contributed by atoms with van der Waals surface area (Å²) in [6.07, 6.45) is 0.190. The van der Waals surface area contributed by atoms with E-state index < -0.39 is 0 Å². The Morgan fingerprint density at radius 3 is 2.67 bits per heavy atom. The van der Waals surface area contributed by atoms with Crippen molar-refractivity contribution in [2.75, 3.05) is 19.5 Å². The maximum atomic E-state index is 12.1. The Hall–Kier alpha value is -2.56. The SMILES string of the molecule is COc1ccc(OC)c(CC(=O)Nc2cccc(C)n2)c1.